The van der Waals surface area contributed by atoms with Gasteiger partial charge in [-0.05, 0) is 129 Å². The van der Waals surface area contributed by atoms with E-state index < -0.39 is 35.8 Å². The fourth-order valence-corrected chi connectivity index (χ4v) is 8.67. The third kappa shape index (κ3) is 20.7. The van der Waals surface area contributed by atoms with Gasteiger partial charge in [0.05, 0.1) is 33.4 Å². The average Bonchev–Trinajstić information content (AvgIpc) is 4.23. The maximum Gasteiger partial charge on any atom is 0.335 e. The standard InChI is InChI=1S/C15H26.6C7H6O2/c1-2-8-13(7-1)15(11-5-6-12-15)14-9-3-4-10-14;6*8-7(9)6-4-2-1-3-5-6/h13-14H,1-12H2;6*1-5H,(H,8,9). The molecule has 0 unspecified atom stereocenters. The summed E-state index contributed by atoms with van der Waals surface area (Å²) in [5, 5.41) is 50.3. The van der Waals surface area contributed by atoms with Crippen LogP contribution in [0.3, 0.4) is 0 Å². The zero-order valence-corrected chi connectivity index (χ0v) is 38.6. The predicted octanol–water partition coefficient (Wildman–Crippen LogP) is 13.2. The second-order valence-electron chi connectivity index (χ2n) is 16.4. The number of rotatable bonds is 8. The fourth-order valence-electron chi connectivity index (χ4n) is 8.67. The lowest BCUT2D eigenvalue weighted by Gasteiger charge is -2.41. The lowest BCUT2D eigenvalue weighted by atomic mass is 9.64. The summed E-state index contributed by atoms with van der Waals surface area (Å²) in [6.07, 6.45) is 18.8. The van der Waals surface area contributed by atoms with E-state index in [2.05, 4.69) is 0 Å². The molecule has 0 aromatic heterocycles. The van der Waals surface area contributed by atoms with Crippen LogP contribution in [0, 0.1) is 17.3 Å². The van der Waals surface area contributed by atoms with Crippen LogP contribution in [0.15, 0.2) is 182 Å². The number of carbonyl (C=O) groups is 6. The van der Waals surface area contributed by atoms with Crippen molar-refractivity contribution in [3.05, 3.63) is 215 Å². The first-order chi connectivity index (χ1) is 33.2. The third-order valence-corrected chi connectivity index (χ3v) is 12.0. The molecule has 6 aromatic rings. The molecule has 0 radical (unpaired) electrons. The van der Waals surface area contributed by atoms with Crippen LogP contribution in [-0.4, -0.2) is 66.5 Å². The van der Waals surface area contributed by atoms with Gasteiger partial charge < -0.3 is 30.6 Å². The minimum absolute atomic E-state index is 0.331. The van der Waals surface area contributed by atoms with Crippen molar-refractivity contribution in [1.82, 2.24) is 0 Å². The summed E-state index contributed by atoms with van der Waals surface area (Å²) in [5.41, 5.74) is 2.84. The summed E-state index contributed by atoms with van der Waals surface area (Å²) in [6.45, 7) is 0. The topological polar surface area (TPSA) is 224 Å². The maximum absolute atomic E-state index is 10.2. The van der Waals surface area contributed by atoms with Gasteiger partial charge in [0.1, 0.15) is 0 Å². The maximum atomic E-state index is 10.2. The molecule has 0 bridgehead atoms. The predicted molar refractivity (Wildman–Crippen MR) is 265 cm³/mol. The highest BCUT2D eigenvalue weighted by Crippen LogP contribution is 2.58. The highest BCUT2D eigenvalue weighted by atomic mass is 16.4. The summed E-state index contributed by atoms with van der Waals surface area (Å²) in [5.74, 6) is -2.99. The smallest absolute Gasteiger partial charge is 0.335 e. The molecule has 0 atom stereocenters. The van der Waals surface area contributed by atoms with E-state index in [0.29, 0.717) is 33.4 Å². The van der Waals surface area contributed by atoms with Gasteiger partial charge in [0.25, 0.3) is 0 Å². The Labute approximate surface area is 403 Å². The Bertz CT molecular complexity index is 1990. The molecule has 0 heterocycles. The first-order valence-corrected chi connectivity index (χ1v) is 22.9. The van der Waals surface area contributed by atoms with Gasteiger partial charge in [0.15, 0.2) is 0 Å². The molecule has 3 saturated carbocycles. The number of hydrogen-bond acceptors (Lipinski definition) is 6. The van der Waals surface area contributed by atoms with Gasteiger partial charge in [-0.15, -0.1) is 0 Å². The first kappa shape index (κ1) is 55.5. The molecule has 12 heteroatoms. The van der Waals surface area contributed by atoms with Gasteiger partial charge >= 0.3 is 35.8 Å². The molecule has 12 nitrogen and oxygen atoms in total. The van der Waals surface area contributed by atoms with Crippen LogP contribution in [-0.2, 0) is 0 Å². The normalized spacial score (nSPS) is 14.1. The monoisotopic (exact) mass is 938 g/mol. The van der Waals surface area contributed by atoms with Crippen molar-refractivity contribution in [2.75, 3.05) is 0 Å². The van der Waals surface area contributed by atoms with Crippen LogP contribution in [0.4, 0.5) is 0 Å². The van der Waals surface area contributed by atoms with Gasteiger partial charge in [0.2, 0.25) is 0 Å². The number of hydrogen-bond donors (Lipinski definition) is 6. The molecule has 69 heavy (non-hydrogen) atoms. The van der Waals surface area contributed by atoms with E-state index >= 15 is 0 Å². The summed E-state index contributed by atoms with van der Waals surface area (Å²) >= 11 is 0. The van der Waals surface area contributed by atoms with E-state index in [1.807, 2.05) is 0 Å². The van der Waals surface area contributed by atoms with Crippen LogP contribution in [0.25, 0.3) is 0 Å². The average molecular weight is 939 g/mol. The van der Waals surface area contributed by atoms with Crippen molar-refractivity contribution in [2.45, 2.75) is 77.0 Å². The largest absolute Gasteiger partial charge is 0.478 e. The summed E-state index contributed by atoms with van der Waals surface area (Å²) in [4.78, 5) is 61.2. The van der Waals surface area contributed by atoms with E-state index in [1.54, 1.807) is 259 Å². The SMILES string of the molecule is C1CCC(C2(C3CCCC3)CCCC2)C1.O=C(O)c1ccccc1.O=C(O)c1ccccc1.O=C(O)c1ccccc1.O=C(O)c1ccccc1.O=C(O)c1ccccc1.O=C(O)c1ccccc1. The van der Waals surface area contributed by atoms with Crippen molar-refractivity contribution < 1.29 is 59.4 Å². The molecule has 0 saturated heterocycles. The Morgan fingerprint density at radius 3 is 0.565 bits per heavy atom. The molecule has 0 spiro atoms. The van der Waals surface area contributed by atoms with E-state index in [9.17, 15) is 28.8 Å². The molecule has 9 rings (SSSR count). The lowest BCUT2D eigenvalue weighted by Crippen LogP contribution is -2.33. The van der Waals surface area contributed by atoms with Gasteiger partial charge in [-0.3, -0.25) is 0 Å². The zero-order chi connectivity index (χ0) is 50.3. The van der Waals surface area contributed by atoms with Crippen molar-refractivity contribution in [2.24, 2.45) is 17.3 Å². The molecule has 3 aliphatic rings. The number of carboxylic acid groups (broad SMARTS) is 6. The fraction of sp³-hybridized carbons (Fsp3) is 0.263. The Hall–Kier alpha value is -7.86. The molecule has 3 aliphatic carbocycles. The highest BCUT2D eigenvalue weighted by Gasteiger charge is 2.47. The molecule has 362 valence electrons. The second kappa shape index (κ2) is 31.2. The van der Waals surface area contributed by atoms with Gasteiger partial charge in [-0.25, -0.2) is 28.8 Å². The molecule has 6 aromatic carbocycles. The Morgan fingerprint density at radius 1 is 0.275 bits per heavy atom. The third-order valence-electron chi connectivity index (χ3n) is 12.0. The second-order valence-corrected chi connectivity index (χ2v) is 16.4. The number of benzene rings is 6. The molecule has 3 fully saturated rings. The van der Waals surface area contributed by atoms with Crippen LogP contribution in [0.5, 0.6) is 0 Å². The van der Waals surface area contributed by atoms with Crippen molar-refractivity contribution in [1.29, 1.82) is 0 Å². The van der Waals surface area contributed by atoms with Crippen molar-refractivity contribution >= 4 is 35.8 Å². The Morgan fingerprint density at radius 2 is 0.435 bits per heavy atom. The highest BCUT2D eigenvalue weighted by molar-refractivity contribution is 5.89. The Kier molecular flexibility index (Phi) is 25.1. The summed E-state index contributed by atoms with van der Waals surface area (Å²) in [6, 6.07) is 49.8. The Balaban J connectivity index is 0.000000216. The minimum atomic E-state index is -0.879. The molecular weight excluding hydrogens is 877 g/mol. The van der Waals surface area contributed by atoms with Crippen molar-refractivity contribution in [3.8, 4) is 0 Å². The molecule has 0 amide bonds. The van der Waals surface area contributed by atoms with Crippen molar-refractivity contribution in [3.63, 3.8) is 0 Å². The van der Waals surface area contributed by atoms with E-state index in [4.69, 9.17) is 30.6 Å². The number of carboxylic acids is 6. The van der Waals surface area contributed by atoms with Crippen LogP contribution in [0.2, 0.25) is 0 Å². The van der Waals surface area contributed by atoms with Gasteiger partial charge in [-0.1, -0.05) is 148 Å². The number of aromatic carboxylic acids is 6. The van der Waals surface area contributed by atoms with Crippen LogP contribution >= 0.6 is 0 Å². The van der Waals surface area contributed by atoms with Crippen LogP contribution < -0.4 is 0 Å². The molecule has 0 aliphatic heterocycles. The quantitative estimate of drug-likeness (QED) is 0.0838. The first-order valence-electron chi connectivity index (χ1n) is 22.9. The lowest BCUT2D eigenvalue weighted by molar-refractivity contribution is 0.0686. The van der Waals surface area contributed by atoms with Gasteiger partial charge in [-0.2, -0.15) is 0 Å². The summed E-state index contributed by atoms with van der Waals surface area (Å²) in [7, 11) is 0. The molecule has 6 N–H and O–H groups in total. The summed E-state index contributed by atoms with van der Waals surface area (Å²) < 4.78 is 0. The molecular formula is C57H62O12. The zero-order valence-electron chi connectivity index (χ0n) is 38.6. The minimum Gasteiger partial charge on any atom is -0.478 e. The van der Waals surface area contributed by atoms with E-state index in [1.165, 1.54) is 0 Å². The van der Waals surface area contributed by atoms with Crippen LogP contribution in [0.1, 0.15) is 139 Å². The van der Waals surface area contributed by atoms with E-state index in [-0.39, 0.29) is 0 Å². The van der Waals surface area contributed by atoms with E-state index in [0.717, 1.165) is 17.3 Å². The van der Waals surface area contributed by atoms with Gasteiger partial charge in [0, 0.05) is 0 Å².